The number of hydrogen-bond acceptors (Lipinski definition) is 5. The highest BCUT2D eigenvalue weighted by atomic mass is 32.2. The zero-order valence-electron chi connectivity index (χ0n) is 11.6. The number of rotatable bonds is 5. The van der Waals surface area contributed by atoms with Crippen molar-refractivity contribution in [2.24, 2.45) is 0 Å². The van der Waals surface area contributed by atoms with Crippen LogP contribution in [0.1, 0.15) is 29.5 Å². The average Bonchev–Trinajstić information content (AvgIpc) is 3.15. The number of hydrogen-bond donors (Lipinski definition) is 1. The van der Waals surface area contributed by atoms with Crippen LogP contribution < -0.4 is 5.32 Å². The van der Waals surface area contributed by atoms with Crippen molar-refractivity contribution in [1.29, 1.82) is 0 Å². The standard InChI is InChI=1S/C15H19N3OS/c1-16-9-8-11-5-2-3-6-12(11)15-17-14(18-19-15)13-7-4-10-20-13/h2-3,5-6,13,16H,4,7-10H2,1H3. The molecule has 5 heteroatoms. The van der Waals surface area contributed by atoms with E-state index in [0.717, 1.165) is 30.8 Å². The fourth-order valence-electron chi connectivity index (χ4n) is 2.46. The van der Waals surface area contributed by atoms with Crippen molar-refractivity contribution in [3.05, 3.63) is 35.7 Å². The summed E-state index contributed by atoms with van der Waals surface area (Å²) in [6.07, 6.45) is 3.37. The minimum absolute atomic E-state index is 0.414. The summed E-state index contributed by atoms with van der Waals surface area (Å²) in [7, 11) is 1.96. The fourth-order valence-corrected chi connectivity index (χ4v) is 3.66. The Kier molecular flexibility index (Phi) is 4.38. The molecule has 1 aromatic heterocycles. The first-order chi connectivity index (χ1) is 9.88. The average molecular weight is 289 g/mol. The lowest BCUT2D eigenvalue weighted by atomic mass is 10.0. The van der Waals surface area contributed by atoms with Crippen LogP contribution in [0.5, 0.6) is 0 Å². The van der Waals surface area contributed by atoms with Crippen LogP contribution in [0.3, 0.4) is 0 Å². The second kappa shape index (κ2) is 6.41. The van der Waals surface area contributed by atoms with Crippen LogP contribution in [0, 0.1) is 0 Å². The first-order valence-corrected chi connectivity index (χ1v) is 8.11. The van der Waals surface area contributed by atoms with Gasteiger partial charge in [-0.3, -0.25) is 0 Å². The highest BCUT2D eigenvalue weighted by Crippen LogP contribution is 2.39. The topological polar surface area (TPSA) is 51.0 Å². The Bertz CT molecular complexity index is 564. The van der Waals surface area contributed by atoms with Gasteiger partial charge in [-0.05, 0) is 50.2 Å². The Labute approximate surface area is 123 Å². The number of likely N-dealkylation sites (N-methyl/N-ethyl adjacent to an activating group) is 1. The van der Waals surface area contributed by atoms with E-state index in [0.29, 0.717) is 11.1 Å². The van der Waals surface area contributed by atoms with Crippen molar-refractivity contribution >= 4 is 11.8 Å². The molecule has 20 heavy (non-hydrogen) atoms. The van der Waals surface area contributed by atoms with Gasteiger partial charge in [-0.2, -0.15) is 16.7 Å². The van der Waals surface area contributed by atoms with Crippen molar-refractivity contribution in [3.63, 3.8) is 0 Å². The molecule has 2 aromatic rings. The van der Waals surface area contributed by atoms with Crippen LogP contribution in [0.4, 0.5) is 0 Å². The summed E-state index contributed by atoms with van der Waals surface area (Å²) in [6.45, 7) is 0.941. The third kappa shape index (κ3) is 2.88. The van der Waals surface area contributed by atoms with Crippen LogP contribution in [0.2, 0.25) is 0 Å². The maximum atomic E-state index is 5.49. The van der Waals surface area contributed by atoms with Crippen molar-refractivity contribution in [3.8, 4) is 11.5 Å². The number of nitrogens with zero attached hydrogens (tertiary/aromatic N) is 2. The van der Waals surface area contributed by atoms with Gasteiger partial charge in [0, 0.05) is 5.56 Å². The summed E-state index contributed by atoms with van der Waals surface area (Å²) in [5, 5.41) is 7.76. The van der Waals surface area contributed by atoms with Crippen molar-refractivity contribution in [1.82, 2.24) is 15.5 Å². The van der Waals surface area contributed by atoms with Crippen LogP contribution >= 0.6 is 11.8 Å². The van der Waals surface area contributed by atoms with E-state index >= 15 is 0 Å². The molecule has 0 amide bonds. The third-order valence-corrected chi connectivity index (χ3v) is 4.92. The number of aromatic nitrogens is 2. The molecule has 0 radical (unpaired) electrons. The van der Waals surface area contributed by atoms with E-state index in [9.17, 15) is 0 Å². The van der Waals surface area contributed by atoms with Gasteiger partial charge in [0.25, 0.3) is 5.89 Å². The Morgan fingerprint density at radius 1 is 1.40 bits per heavy atom. The van der Waals surface area contributed by atoms with Gasteiger partial charge in [0.2, 0.25) is 0 Å². The van der Waals surface area contributed by atoms with Gasteiger partial charge in [0.15, 0.2) is 5.82 Å². The molecule has 1 aliphatic heterocycles. The predicted molar refractivity (Wildman–Crippen MR) is 81.8 cm³/mol. The smallest absolute Gasteiger partial charge is 0.258 e. The molecule has 0 bridgehead atoms. The molecule has 1 aromatic carbocycles. The van der Waals surface area contributed by atoms with E-state index in [1.54, 1.807) is 0 Å². The van der Waals surface area contributed by atoms with Gasteiger partial charge < -0.3 is 9.84 Å². The first-order valence-electron chi connectivity index (χ1n) is 7.06. The van der Waals surface area contributed by atoms with Gasteiger partial charge in [-0.15, -0.1) is 0 Å². The molecule has 3 rings (SSSR count). The highest BCUT2D eigenvalue weighted by molar-refractivity contribution is 7.99. The molecule has 2 heterocycles. The Morgan fingerprint density at radius 2 is 2.30 bits per heavy atom. The monoisotopic (exact) mass is 289 g/mol. The molecule has 1 unspecified atom stereocenters. The largest absolute Gasteiger partial charge is 0.334 e. The maximum Gasteiger partial charge on any atom is 0.258 e. The zero-order valence-corrected chi connectivity index (χ0v) is 12.4. The van der Waals surface area contributed by atoms with Gasteiger partial charge >= 0.3 is 0 Å². The summed E-state index contributed by atoms with van der Waals surface area (Å²) < 4.78 is 5.49. The van der Waals surface area contributed by atoms with Crippen LogP contribution in [-0.2, 0) is 6.42 Å². The molecule has 0 saturated carbocycles. The van der Waals surface area contributed by atoms with E-state index in [1.165, 1.54) is 17.7 Å². The van der Waals surface area contributed by atoms with Crippen LogP contribution in [0.15, 0.2) is 28.8 Å². The summed E-state index contributed by atoms with van der Waals surface area (Å²) in [6, 6.07) is 8.26. The maximum absolute atomic E-state index is 5.49. The van der Waals surface area contributed by atoms with E-state index in [-0.39, 0.29) is 0 Å². The van der Waals surface area contributed by atoms with E-state index < -0.39 is 0 Å². The van der Waals surface area contributed by atoms with Gasteiger partial charge in [0.1, 0.15) is 0 Å². The van der Waals surface area contributed by atoms with Crippen molar-refractivity contribution < 1.29 is 4.52 Å². The number of nitrogens with one attached hydrogen (secondary N) is 1. The molecule has 0 aliphatic carbocycles. The third-order valence-electron chi connectivity index (χ3n) is 3.55. The summed E-state index contributed by atoms with van der Waals surface area (Å²) >= 11 is 1.93. The Morgan fingerprint density at radius 3 is 3.10 bits per heavy atom. The summed E-state index contributed by atoms with van der Waals surface area (Å²) in [4.78, 5) is 4.61. The lowest BCUT2D eigenvalue weighted by molar-refractivity contribution is 0.421. The Hall–Kier alpha value is -1.33. The fraction of sp³-hybridized carbons (Fsp3) is 0.467. The molecule has 1 atom stereocenters. The van der Waals surface area contributed by atoms with E-state index in [4.69, 9.17) is 4.52 Å². The van der Waals surface area contributed by atoms with Crippen molar-refractivity contribution in [2.75, 3.05) is 19.3 Å². The molecule has 1 fully saturated rings. The minimum atomic E-state index is 0.414. The molecule has 1 saturated heterocycles. The second-order valence-electron chi connectivity index (χ2n) is 4.97. The number of benzene rings is 1. The zero-order chi connectivity index (χ0) is 13.8. The van der Waals surface area contributed by atoms with Gasteiger partial charge in [-0.25, -0.2) is 0 Å². The SMILES string of the molecule is CNCCc1ccccc1-c1nc(C2CCCS2)no1. The minimum Gasteiger partial charge on any atom is -0.334 e. The lowest BCUT2D eigenvalue weighted by Gasteiger charge is -2.05. The summed E-state index contributed by atoms with van der Waals surface area (Å²) in [5.74, 6) is 2.71. The van der Waals surface area contributed by atoms with Crippen LogP contribution in [-0.4, -0.2) is 29.5 Å². The highest BCUT2D eigenvalue weighted by Gasteiger charge is 2.23. The molecule has 1 aliphatic rings. The first kappa shape index (κ1) is 13.6. The van der Waals surface area contributed by atoms with Gasteiger partial charge in [-0.1, -0.05) is 23.4 Å². The predicted octanol–water partition coefficient (Wildman–Crippen LogP) is 3.07. The second-order valence-corrected chi connectivity index (χ2v) is 6.28. The normalized spacial score (nSPS) is 18.6. The van der Waals surface area contributed by atoms with E-state index in [2.05, 4.69) is 33.7 Å². The van der Waals surface area contributed by atoms with Crippen LogP contribution in [0.25, 0.3) is 11.5 Å². The molecular weight excluding hydrogens is 270 g/mol. The Balaban J connectivity index is 1.85. The van der Waals surface area contributed by atoms with Crippen molar-refractivity contribution in [2.45, 2.75) is 24.5 Å². The van der Waals surface area contributed by atoms with Gasteiger partial charge in [0.05, 0.1) is 5.25 Å². The molecular formula is C15H19N3OS. The molecule has 4 nitrogen and oxygen atoms in total. The lowest BCUT2D eigenvalue weighted by Crippen LogP contribution is -2.10. The quantitative estimate of drug-likeness (QED) is 0.916. The van der Waals surface area contributed by atoms with E-state index in [1.807, 2.05) is 24.9 Å². The molecule has 106 valence electrons. The summed E-state index contributed by atoms with van der Waals surface area (Å²) in [5.41, 5.74) is 2.31. The molecule has 0 spiro atoms. The number of thioether (sulfide) groups is 1. The molecule has 1 N–H and O–H groups in total.